The van der Waals surface area contributed by atoms with Gasteiger partial charge in [-0.15, -0.1) is 0 Å². The van der Waals surface area contributed by atoms with Gasteiger partial charge in [-0.1, -0.05) is 37.2 Å². The monoisotopic (exact) mass is 357 g/mol. The predicted octanol–water partition coefficient (Wildman–Crippen LogP) is 3.33. The van der Waals surface area contributed by atoms with E-state index in [1.54, 1.807) is 0 Å². The number of hydrogen-bond donors (Lipinski definition) is 2. The van der Waals surface area contributed by atoms with E-state index in [0.717, 1.165) is 42.6 Å². The molecule has 2 N–H and O–H groups in total. The minimum Gasteiger partial charge on any atom is -0.325 e. The SMILES string of the molecule is CCCCc1ccc(NC(=O)CSc2nc(=O)[nH]c3c2CCC3)cc1. The molecule has 0 aliphatic heterocycles. The molecule has 0 saturated heterocycles. The molecule has 1 aliphatic carbocycles. The van der Waals surface area contributed by atoms with E-state index in [4.69, 9.17) is 0 Å². The Balaban J connectivity index is 1.56. The van der Waals surface area contributed by atoms with Gasteiger partial charge in [0.1, 0.15) is 5.03 Å². The van der Waals surface area contributed by atoms with Crippen molar-refractivity contribution in [3.05, 3.63) is 51.6 Å². The van der Waals surface area contributed by atoms with E-state index >= 15 is 0 Å². The zero-order valence-electron chi connectivity index (χ0n) is 14.4. The second-order valence-corrected chi connectivity index (χ2v) is 7.26. The first-order chi connectivity index (χ1) is 12.2. The van der Waals surface area contributed by atoms with Crippen LogP contribution < -0.4 is 11.0 Å². The molecule has 132 valence electrons. The van der Waals surface area contributed by atoms with Crippen LogP contribution in [0.15, 0.2) is 34.1 Å². The Kier molecular flexibility index (Phi) is 5.91. The van der Waals surface area contributed by atoms with Gasteiger partial charge >= 0.3 is 5.69 Å². The highest BCUT2D eigenvalue weighted by Gasteiger charge is 2.18. The summed E-state index contributed by atoms with van der Waals surface area (Å²) in [5.41, 5.74) is 3.84. The minimum atomic E-state index is -0.328. The Morgan fingerprint density at radius 3 is 2.84 bits per heavy atom. The molecule has 0 spiro atoms. The van der Waals surface area contributed by atoms with E-state index in [1.165, 1.54) is 30.2 Å². The summed E-state index contributed by atoms with van der Waals surface area (Å²) in [6.07, 6.45) is 6.26. The van der Waals surface area contributed by atoms with Crippen LogP contribution in [-0.2, 0) is 24.1 Å². The van der Waals surface area contributed by atoms with Crippen LogP contribution in [0.3, 0.4) is 0 Å². The molecule has 1 aromatic carbocycles. The van der Waals surface area contributed by atoms with Crippen LogP contribution in [0.4, 0.5) is 5.69 Å². The molecule has 25 heavy (non-hydrogen) atoms. The fourth-order valence-corrected chi connectivity index (χ4v) is 3.91. The van der Waals surface area contributed by atoms with E-state index < -0.39 is 0 Å². The lowest BCUT2D eigenvalue weighted by Gasteiger charge is -2.08. The zero-order chi connectivity index (χ0) is 17.6. The number of rotatable bonds is 7. The average Bonchev–Trinajstić information content (AvgIpc) is 3.07. The molecule has 6 heteroatoms. The van der Waals surface area contributed by atoms with Crippen LogP contribution in [-0.4, -0.2) is 21.6 Å². The van der Waals surface area contributed by atoms with Gasteiger partial charge in [0.15, 0.2) is 0 Å². The number of carbonyl (C=O) groups is 1. The molecule has 0 unspecified atom stereocenters. The molecule has 1 heterocycles. The topological polar surface area (TPSA) is 74.8 Å². The second kappa shape index (κ2) is 8.34. The summed E-state index contributed by atoms with van der Waals surface area (Å²) in [4.78, 5) is 30.6. The quantitative estimate of drug-likeness (QED) is 0.589. The maximum absolute atomic E-state index is 12.2. The standard InChI is InChI=1S/C19H23N3O2S/c1-2-3-5-13-8-10-14(11-9-13)20-17(23)12-25-18-15-6-4-7-16(15)21-19(24)22-18/h8-11H,2-7,12H2,1H3,(H,20,23)(H,21,22,24). The van der Waals surface area contributed by atoms with Crippen molar-refractivity contribution in [2.75, 3.05) is 11.1 Å². The highest BCUT2D eigenvalue weighted by atomic mass is 32.2. The smallest absolute Gasteiger partial charge is 0.325 e. The Hall–Kier alpha value is -2.08. The number of amides is 1. The zero-order valence-corrected chi connectivity index (χ0v) is 15.2. The van der Waals surface area contributed by atoms with Gasteiger partial charge in [0, 0.05) is 16.9 Å². The first kappa shape index (κ1) is 17.7. The molecule has 0 radical (unpaired) electrons. The normalized spacial score (nSPS) is 12.8. The summed E-state index contributed by atoms with van der Waals surface area (Å²) in [7, 11) is 0. The third-order valence-corrected chi connectivity index (χ3v) is 5.35. The number of aromatic amines is 1. The Bertz CT molecular complexity index is 799. The number of carbonyl (C=O) groups excluding carboxylic acids is 1. The Morgan fingerprint density at radius 2 is 2.08 bits per heavy atom. The summed E-state index contributed by atoms with van der Waals surface area (Å²) in [5, 5.41) is 3.60. The van der Waals surface area contributed by atoms with Crippen LogP contribution >= 0.6 is 11.8 Å². The van der Waals surface area contributed by atoms with Gasteiger partial charge in [0.25, 0.3) is 0 Å². The number of nitrogens with zero attached hydrogens (tertiary/aromatic N) is 1. The summed E-state index contributed by atoms with van der Waals surface area (Å²) >= 11 is 1.34. The van der Waals surface area contributed by atoms with Gasteiger partial charge in [-0.2, -0.15) is 4.98 Å². The maximum atomic E-state index is 12.2. The summed E-state index contributed by atoms with van der Waals surface area (Å²) < 4.78 is 0. The van der Waals surface area contributed by atoms with Gasteiger partial charge < -0.3 is 10.3 Å². The fraction of sp³-hybridized carbons (Fsp3) is 0.421. The number of hydrogen-bond acceptors (Lipinski definition) is 4. The third-order valence-electron chi connectivity index (χ3n) is 4.33. The first-order valence-corrected chi connectivity index (χ1v) is 9.78. The summed E-state index contributed by atoms with van der Waals surface area (Å²) in [5.74, 6) is 0.167. The lowest BCUT2D eigenvalue weighted by Crippen LogP contribution is -2.17. The molecular formula is C19H23N3O2S. The number of H-pyrrole nitrogens is 1. The number of benzene rings is 1. The number of anilines is 1. The molecule has 1 aliphatic rings. The number of aromatic nitrogens is 2. The van der Waals surface area contributed by atoms with Crippen LogP contribution in [0.1, 0.15) is 43.0 Å². The molecule has 2 aromatic rings. The van der Waals surface area contributed by atoms with Gasteiger partial charge in [-0.3, -0.25) is 4.79 Å². The van der Waals surface area contributed by atoms with Gasteiger partial charge in [0.05, 0.1) is 5.75 Å². The predicted molar refractivity (Wildman–Crippen MR) is 101 cm³/mol. The largest absolute Gasteiger partial charge is 0.346 e. The molecule has 0 saturated carbocycles. The van der Waals surface area contributed by atoms with Gasteiger partial charge in [0.2, 0.25) is 5.91 Å². The third kappa shape index (κ3) is 4.72. The molecule has 5 nitrogen and oxygen atoms in total. The van der Waals surface area contributed by atoms with Crippen molar-refractivity contribution in [2.45, 2.75) is 50.5 Å². The van der Waals surface area contributed by atoms with Gasteiger partial charge in [-0.25, -0.2) is 4.79 Å². The lowest BCUT2D eigenvalue weighted by atomic mass is 10.1. The van der Waals surface area contributed by atoms with Crippen molar-refractivity contribution in [1.82, 2.24) is 9.97 Å². The second-order valence-electron chi connectivity index (χ2n) is 6.30. The average molecular weight is 357 g/mol. The van der Waals surface area contributed by atoms with Crippen LogP contribution in [0.25, 0.3) is 0 Å². The molecule has 3 rings (SSSR count). The van der Waals surface area contributed by atoms with E-state index in [9.17, 15) is 9.59 Å². The fourth-order valence-electron chi connectivity index (χ4n) is 3.02. The van der Waals surface area contributed by atoms with Crippen molar-refractivity contribution < 1.29 is 4.79 Å². The number of nitrogens with one attached hydrogen (secondary N) is 2. The van der Waals surface area contributed by atoms with Crippen molar-refractivity contribution >= 4 is 23.4 Å². The lowest BCUT2D eigenvalue weighted by molar-refractivity contribution is -0.113. The summed E-state index contributed by atoms with van der Waals surface area (Å²) in [6.45, 7) is 2.18. The Morgan fingerprint density at radius 1 is 1.28 bits per heavy atom. The summed E-state index contributed by atoms with van der Waals surface area (Å²) in [6, 6.07) is 8.00. The highest BCUT2D eigenvalue weighted by Crippen LogP contribution is 2.27. The van der Waals surface area contributed by atoms with E-state index in [-0.39, 0.29) is 17.3 Å². The molecule has 0 bridgehead atoms. The maximum Gasteiger partial charge on any atom is 0.346 e. The molecule has 1 amide bonds. The minimum absolute atomic E-state index is 0.0832. The van der Waals surface area contributed by atoms with Crippen molar-refractivity contribution in [3.8, 4) is 0 Å². The van der Waals surface area contributed by atoms with Crippen LogP contribution in [0.2, 0.25) is 0 Å². The van der Waals surface area contributed by atoms with Crippen molar-refractivity contribution in [2.24, 2.45) is 0 Å². The number of aryl methyl sites for hydroxylation is 2. The first-order valence-electron chi connectivity index (χ1n) is 8.79. The van der Waals surface area contributed by atoms with Crippen LogP contribution in [0.5, 0.6) is 0 Å². The number of fused-ring (bicyclic) bond motifs is 1. The van der Waals surface area contributed by atoms with E-state index in [2.05, 4.69) is 34.3 Å². The van der Waals surface area contributed by atoms with E-state index in [0.29, 0.717) is 5.03 Å². The van der Waals surface area contributed by atoms with Crippen molar-refractivity contribution in [1.29, 1.82) is 0 Å². The molecule has 0 atom stereocenters. The van der Waals surface area contributed by atoms with Crippen molar-refractivity contribution in [3.63, 3.8) is 0 Å². The Labute approximate surface area is 151 Å². The number of unbranched alkanes of at least 4 members (excludes halogenated alkanes) is 1. The highest BCUT2D eigenvalue weighted by molar-refractivity contribution is 8.00. The molecule has 1 aromatic heterocycles. The van der Waals surface area contributed by atoms with Crippen LogP contribution in [0, 0.1) is 0 Å². The van der Waals surface area contributed by atoms with Gasteiger partial charge in [-0.05, 0) is 49.8 Å². The molecule has 0 fully saturated rings. The molecular weight excluding hydrogens is 334 g/mol. The number of thioether (sulfide) groups is 1. The van der Waals surface area contributed by atoms with E-state index in [1.807, 2.05) is 12.1 Å².